The quantitative estimate of drug-likeness (QED) is 0.615. The lowest BCUT2D eigenvalue weighted by Gasteiger charge is -2.11. The fraction of sp³-hybridized carbons (Fsp3) is 0.455. The van der Waals surface area contributed by atoms with Gasteiger partial charge in [0.2, 0.25) is 0 Å². The molecule has 0 nitrogen and oxygen atoms in total. The predicted molar refractivity (Wildman–Crippen MR) is 52.6 cm³/mol. The van der Waals surface area contributed by atoms with Crippen molar-refractivity contribution in [2.45, 2.75) is 31.6 Å². The van der Waals surface area contributed by atoms with Crippen molar-refractivity contribution in [2.75, 3.05) is 0 Å². The van der Waals surface area contributed by atoms with E-state index in [1.54, 1.807) is 6.07 Å². The van der Waals surface area contributed by atoms with E-state index in [0.717, 1.165) is 37.3 Å². The van der Waals surface area contributed by atoms with Gasteiger partial charge in [-0.3, -0.25) is 0 Å². The fourth-order valence-corrected chi connectivity index (χ4v) is 2.40. The summed E-state index contributed by atoms with van der Waals surface area (Å²) in [7, 11) is 0. The average molecular weight is 217 g/mol. The maximum atomic E-state index is 13.1. The Morgan fingerprint density at radius 1 is 1.14 bits per heavy atom. The molecule has 1 aromatic rings. The third kappa shape index (κ3) is 1.63. The smallest absolute Gasteiger partial charge is 0.177 e. The fourth-order valence-electron chi connectivity index (χ4n) is 2.09. The van der Waals surface area contributed by atoms with Gasteiger partial charge in [0.1, 0.15) is 0 Å². The van der Waals surface area contributed by atoms with Crippen LogP contribution in [0.3, 0.4) is 0 Å². The molecule has 3 heteroatoms. The monoisotopic (exact) mass is 216 g/mol. The number of benzene rings is 1. The molecule has 1 aromatic carbocycles. The molecule has 0 spiro atoms. The van der Waals surface area contributed by atoms with Gasteiger partial charge in [0.05, 0.1) is 5.02 Å². The normalized spacial score (nSPS) is 17.6. The Labute approximate surface area is 86.9 Å². The molecule has 0 bridgehead atoms. The van der Waals surface area contributed by atoms with Gasteiger partial charge < -0.3 is 0 Å². The zero-order valence-corrected chi connectivity index (χ0v) is 8.45. The maximum absolute atomic E-state index is 13.1. The second kappa shape index (κ2) is 3.85. The predicted octanol–water partition coefficient (Wildman–Crippen LogP) is 4.28. The van der Waals surface area contributed by atoms with Gasteiger partial charge in [-0.25, -0.2) is 8.78 Å². The molecule has 0 atom stereocenters. The second-order valence-corrected chi connectivity index (χ2v) is 4.12. The lowest BCUT2D eigenvalue weighted by atomic mass is 9.97. The van der Waals surface area contributed by atoms with E-state index in [1.165, 1.54) is 0 Å². The minimum atomic E-state index is -0.906. The standard InChI is InChI=1S/C11H11ClF2/c12-10-8(7-3-1-2-4-7)5-6-9(13)11(10)14/h5-7H,1-4H2. The van der Waals surface area contributed by atoms with E-state index in [2.05, 4.69) is 0 Å². The molecule has 2 rings (SSSR count). The number of rotatable bonds is 1. The number of hydrogen-bond donors (Lipinski definition) is 0. The first-order valence-electron chi connectivity index (χ1n) is 4.83. The van der Waals surface area contributed by atoms with Crippen molar-refractivity contribution in [1.82, 2.24) is 0 Å². The summed E-state index contributed by atoms with van der Waals surface area (Å²) < 4.78 is 25.9. The van der Waals surface area contributed by atoms with Crippen LogP contribution in [0.4, 0.5) is 8.78 Å². The van der Waals surface area contributed by atoms with E-state index < -0.39 is 11.6 Å². The molecular weight excluding hydrogens is 206 g/mol. The highest BCUT2D eigenvalue weighted by Crippen LogP contribution is 2.38. The van der Waals surface area contributed by atoms with Gasteiger partial charge in [-0.05, 0) is 30.4 Å². The Hall–Kier alpha value is -0.630. The van der Waals surface area contributed by atoms with Crippen LogP contribution in [0.15, 0.2) is 12.1 Å². The molecule has 1 saturated carbocycles. The van der Waals surface area contributed by atoms with Gasteiger partial charge in [0.25, 0.3) is 0 Å². The van der Waals surface area contributed by atoms with Crippen LogP contribution in [0, 0.1) is 11.6 Å². The molecule has 0 amide bonds. The molecule has 0 aliphatic heterocycles. The molecule has 0 heterocycles. The van der Waals surface area contributed by atoms with Crippen molar-refractivity contribution in [1.29, 1.82) is 0 Å². The third-order valence-corrected chi connectivity index (χ3v) is 3.24. The molecule has 1 aliphatic carbocycles. The molecular formula is C11H11ClF2. The summed E-state index contributed by atoms with van der Waals surface area (Å²) >= 11 is 5.76. The van der Waals surface area contributed by atoms with Crippen LogP contribution in [0.2, 0.25) is 5.02 Å². The van der Waals surface area contributed by atoms with Crippen LogP contribution in [0.25, 0.3) is 0 Å². The molecule has 0 N–H and O–H groups in total. The third-order valence-electron chi connectivity index (χ3n) is 2.86. The maximum Gasteiger partial charge on any atom is 0.177 e. The first-order chi connectivity index (χ1) is 6.70. The summed E-state index contributed by atoms with van der Waals surface area (Å²) in [6, 6.07) is 2.77. The van der Waals surface area contributed by atoms with Crippen LogP contribution in [-0.2, 0) is 0 Å². The number of hydrogen-bond acceptors (Lipinski definition) is 0. The Morgan fingerprint density at radius 3 is 2.43 bits per heavy atom. The van der Waals surface area contributed by atoms with Crippen LogP contribution >= 0.6 is 11.6 Å². The Bertz CT molecular complexity index is 343. The molecule has 14 heavy (non-hydrogen) atoms. The summed E-state index contributed by atoms with van der Waals surface area (Å²) in [5.41, 5.74) is 0.767. The van der Waals surface area contributed by atoms with Crippen molar-refractivity contribution in [3.05, 3.63) is 34.4 Å². The van der Waals surface area contributed by atoms with Crippen molar-refractivity contribution < 1.29 is 8.78 Å². The van der Waals surface area contributed by atoms with E-state index in [0.29, 0.717) is 5.92 Å². The average Bonchev–Trinajstić information content (AvgIpc) is 2.67. The van der Waals surface area contributed by atoms with Crippen LogP contribution < -0.4 is 0 Å². The van der Waals surface area contributed by atoms with Crippen molar-refractivity contribution in [2.24, 2.45) is 0 Å². The van der Waals surface area contributed by atoms with Crippen LogP contribution in [0.5, 0.6) is 0 Å². The molecule has 0 aromatic heterocycles. The van der Waals surface area contributed by atoms with Gasteiger partial charge in [-0.15, -0.1) is 0 Å². The molecule has 0 unspecified atom stereocenters. The van der Waals surface area contributed by atoms with Crippen molar-refractivity contribution >= 4 is 11.6 Å². The zero-order chi connectivity index (χ0) is 10.1. The van der Waals surface area contributed by atoms with Gasteiger partial charge >= 0.3 is 0 Å². The van der Waals surface area contributed by atoms with E-state index in [-0.39, 0.29) is 5.02 Å². The summed E-state index contributed by atoms with van der Waals surface area (Å²) in [6.07, 6.45) is 4.37. The lowest BCUT2D eigenvalue weighted by molar-refractivity contribution is 0.505. The zero-order valence-electron chi connectivity index (χ0n) is 7.69. The van der Waals surface area contributed by atoms with Gasteiger partial charge in [-0.2, -0.15) is 0 Å². The molecule has 0 radical (unpaired) electrons. The van der Waals surface area contributed by atoms with Crippen molar-refractivity contribution in [3.63, 3.8) is 0 Å². The molecule has 1 aliphatic rings. The van der Waals surface area contributed by atoms with Gasteiger partial charge in [0.15, 0.2) is 11.6 Å². The lowest BCUT2D eigenvalue weighted by Crippen LogP contribution is -1.97. The highest BCUT2D eigenvalue weighted by Gasteiger charge is 2.22. The second-order valence-electron chi connectivity index (χ2n) is 3.75. The summed E-state index contributed by atoms with van der Waals surface area (Å²) in [4.78, 5) is 0. The van der Waals surface area contributed by atoms with E-state index in [1.807, 2.05) is 0 Å². The van der Waals surface area contributed by atoms with E-state index in [4.69, 9.17) is 11.6 Å². The Kier molecular flexibility index (Phi) is 2.73. The minimum absolute atomic E-state index is 0.0306. The summed E-state index contributed by atoms with van der Waals surface area (Å²) in [5, 5.41) is -0.0306. The summed E-state index contributed by atoms with van der Waals surface area (Å²) in [5.74, 6) is -1.45. The first kappa shape index (κ1) is 9.91. The van der Waals surface area contributed by atoms with Crippen LogP contribution in [-0.4, -0.2) is 0 Å². The Balaban J connectivity index is 2.38. The van der Waals surface area contributed by atoms with Gasteiger partial charge in [0, 0.05) is 0 Å². The van der Waals surface area contributed by atoms with Crippen molar-refractivity contribution in [3.8, 4) is 0 Å². The summed E-state index contributed by atoms with van der Waals surface area (Å²) in [6.45, 7) is 0. The number of halogens is 3. The molecule has 76 valence electrons. The molecule has 1 fully saturated rings. The van der Waals surface area contributed by atoms with E-state index >= 15 is 0 Å². The highest BCUT2D eigenvalue weighted by molar-refractivity contribution is 6.31. The topological polar surface area (TPSA) is 0 Å². The Morgan fingerprint density at radius 2 is 1.79 bits per heavy atom. The van der Waals surface area contributed by atoms with Gasteiger partial charge in [-0.1, -0.05) is 30.5 Å². The molecule has 0 saturated heterocycles. The first-order valence-corrected chi connectivity index (χ1v) is 5.21. The largest absolute Gasteiger partial charge is 0.204 e. The van der Waals surface area contributed by atoms with E-state index in [9.17, 15) is 8.78 Å². The SMILES string of the molecule is Fc1ccc(C2CCCC2)c(Cl)c1F. The van der Waals surface area contributed by atoms with Crippen LogP contribution in [0.1, 0.15) is 37.2 Å². The minimum Gasteiger partial charge on any atom is -0.204 e. The highest BCUT2D eigenvalue weighted by atomic mass is 35.5.